The molecule has 10 nitrogen and oxygen atoms in total. The minimum absolute atomic E-state index is 0.0226. The number of urea groups is 1. The van der Waals surface area contributed by atoms with Gasteiger partial charge in [0, 0.05) is 0 Å². The summed E-state index contributed by atoms with van der Waals surface area (Å²) in [5.41, 5.74) is 0.482. The molecule has 1 heterocycles. The second-order valence-electron chi connectivity index (χ2n) is 5.28. The third kappa shape index (κ3) is 4.97. The number of carbonyl (C=O) groups excluding carboxylic acids is 3. The Bertz CT molecular complexity index is 802. The van der Waals surface area contributed by atoms with E-state index in [1.54, 1.807) is 13.0 Å². The molecule has 0 unspecified atom stereocenters. The van der Waals surface area contributed by atoms with Crippen molar-refractivity contribution in [1.82, 2.24) is 10.2 Å². The average Bonchev–Trinajstić information content (AvgIpc) is 2.88. The lowest BCUT2D eigenvalue weighted by Crippen LogP contribution is -2.36. The van der Waals surface area contributed by atoms with Crippen LogP contribution in [0.1, 0.15) is 12.5 Å². The minimum atomic E-state index is -1.13. The molecule has 0 atom stereocenters. The van der Waals surface area contributed by atoms with Crippen LogP contribution >= 0.6 is 0 Å². The van der Waals surface area contributed by atoms with E-state index < -0.39 is 37.0 Å². The van der Waals surface area contributed by atoms with Gasteiger partial charge in [-0.2, -0.15) is 0 Å². The molecule has 2 rings (SSSR count). The Hall–Kier alpha value is -3.56. The molecule has 1 fully saturated rings. The number of nitrogens with zero attached hydrogens (tertiary/aromatic N) is 1. The van der Waals surface area contributed by atoms with Gasteiger partial charge in [0.05, 0.1) is 13.7 Å². The molecule has 1 saturated heterocycles. The lowest BCUT2D eigenvalue weighted by Gasteiger charge is -2.11. The third-order valence-corrected chi connectivity index (χ3v) is 3.41. The smallest absolute Gasteiger partial charge is 0.341 e. The monoisotopic (exact) mass is 378 g/mol. The van der Waals surface area contributed by atoms with E-state index in [1.165, 1.54) is 18.2 Å². The number of ether oxygens (including phenoxy) is 3. The van der Waals surface area contributed by atoms with Crippen molar-refractivity contribution in [2.45, 2.75) is 6.92 Å². The first kappa shape index (κ1) is 19.8. The zero-order chi connectivity index (χ0) is 20.0. The number of aliphatic carboxylic acids is 1. The van der Waals surface area contributed by atoms with Gasteiger partial charge < -0.3 is 24.6 Å². The maximum Gasteiger partial charge on any atom is 0.341 e. The normalized spacial score (nSPS) is 14.9. The lowest BCUT2D eigenvalue weighted by molar-refractivity contribution is -0.143. The van der Waals surface area contributed by atoms with Crippen LogP contribution < -0.4 is 14.8 Å². The second-order valence-corrected chi connectivity index (χ2v) is 5.28. The number of hydrogen-bond acceptors (Lipinski definition) is 7. The molecule has 1 aliphatic rings. The highest BCUT2D eigenvalue weighted by Crippen LogP contribution is 2.29. The first-order chi connectivity index (χ1) is 12.8. The Labute approximate surface area is 154 Å². The van der Waals surface area contributed by atoms with E-state index in [9.17, 15) is 19.2 Å². The molecule has 1 aromatic rings. The number of benzene rings is 1. The second kappa shape index (κ2) is 8.70. The Morgan fingerprint density at radius 3 is 2.59 bits per heavy atom. The molecule has 0 aromatic heterocycles. The minimum Gasteiger partial charge on any atom is -0.490 e. The van der Waals surface area contributed by atoms with Crippen LogP contribution in [0, 0.1) is 0 Å². The Morgan fingerprint density at radius 1 is 1.22 bits per heavy atom. The lowest BCUT2D eigenvalue weighted by atomic mass is 10.1. The molecule has 0 aliphatic carbocycles. The van der Waals surface area contributed by atoms with Gasteiger partial charge in [0.2, 0.25) is 0 Å². The van der Waals surface area contributed by atoms with Gasteiger partial charge in [-0.05, 0) is 30.7 Å². The Morgan fingerprint density at radius 2 is 1.96 bits per heavy atom. The highest BCUT2D eigenvalue weighted by molar-refractivity contribution is 6.15. The predicted molar refractivity (Wildman–Crippen MR) is 91.0 cm³/mol. The SMILES string of the molecule is CCOc1cc(/C=C2/NC(=O)N(CC(=O)OC)C2=O)ccc1OCC(=O)O. The summed E-state index contributed by atoms with van der Waals surface area (Å²) in [5.74, 6) is -2.01. The van der Waals surface area contributed by atoms with Gasteiger partial charge in [0.25, 0.3) is 5.91 Å². The largest absolute Gasteiger partial charge is 0.490 e. The molecule has 2 N–H and O–H groups in total. The molecule has 0 spiro atoms. The summed E-state index contributed by atoms with van der Waals surface area (Å²) < 4.78 is 15.0. The van der Waals surface area contributed by atoms with Crippen LogP contribution in [0.25, 0.3) is 6.08 Å². The van der Waals surface area contributed by atoms with E-state index in [-0.39, 0.29) is 17.2 Å². The van der Waals surface area contributed by atoms with Crippen molar-refractivity contribution in [2.24, 2.45) is 0 Å². The number of carboxylic acids is 1. The highest BCUT2D eigenvalue weighted by atomic mass is 16.5. The van der Waals surface area contributed by atoms with E-state index in [1.807, 2.05) is 0 Å². The van der Waals surface area contributed by atoms with Crippen LogP contribution in [0.4, 0.5) is 4.79 Å². The van der Waals surface area contributed by atoms with Crippen LogP contribution in [0.2, 0.25) is 0 Å². The number of amides is 3. The van der Waals surface area contributed by atoms with Crippen molar-refractivity contribution in [1.29, 1.82) is 0 Å². The summed E-state index contributed by atoms with van der Waals surface area (Å²) in [4.78, 5) is 46.8. The van der Waals surface area contributed by atoms with E-state index in [2.05, 4.69) is 10.1 Å². The Kier molecular flexibility index (Phi) is 6.36. The van der Waals surface area contributed by atoms with Gasteiger partial charge >= 0.3 is 18.0 Å². The number of rotatable bonds is 8. The molecule has 0 bridgehead atoms. The Balaban J connectivity index is 2.23. The van der Waals surface area contributed by atoms with E-state index >= 15 is 0 Å². The van der Waals surface area contributed by atoms with Gasteiger partial charge in [-0.25, -0.2) is 14.5 Å². The third-order valence-electron chi connectivity index (χ3n) is 3.41. The first-order valence-electron chi connectivity index (χ1n) is 7.88. The van der Waals surface area contributed by atoms with Crippen LogP contribution in [-0.2, 0) is 19.1 Å². The molecule has 144 valence electrons. The standard InChI is InChI=1S/C17H18N2O8/c1-3-26-13-7-10(4-5-12(13)27-9-14(20)21)6-11-16(23)19(17(24)18-11)8-15(22)25-2/h4-7H,3,8-9H2,1-2H3,(H,18,24)(H,20,21)/b11-6+. The summed E-state index contributed by atoms with van der Waals surface area (Å²) in [6, 6.07) is 3.86. The summed E-state index contributed by atoms with van der Waals surface area (Å²) in [5, 5.41) is 11.1. The van der Waals surface area contributed by atoms with Crippen molar-refractivity contribution in [3.8, 4) is 11.5 Å². The number of esters is 1. The number of methoxy groups -OCH3 is 1. The summed E-state index contributed by atoms with van der Waals surface area (Å²) in [6.45, 7) is 1.03. The van der Waals surface area contributed by atoms with Crippen LogP contribution in [0.5, 0.6) is 11.5 Å². The molecule has 1 aliphatic heterocycles. The highest BCUT2D eigenvalue weighted by Gasteiger charge is 2.35. The number of carbonyl (C=O) groups is 4. The number of nitrogens with one attached hydrogen (secondary N) is 1. The van der Waals surface area contributed by atoms with Crippen LogP contribution in [0.15, 0.2) is 23.9 Å². The number of carboxylic acid groups (broad SMARTS) is 1. The summed E-state index contributed by atoms with van der Waals surface area (Å²) in [7, 11) is 1.15. The van der Waals surface area contributed by atoms with Crippen molar-refractivity contribution in [2.75, 3.05) is 26.9 Å². The molecule has 27 heavy (non-hydrogen) atoms. The van der Waals surface area contributed by atoms with Crippen molar-refractivity contribution in [3.63, 3.8) is 0 Å². The topological polar surface area (TPSA) is 131 Å². The summed E-state index contributed by atoms with van der Waals surface area (Å²) in [6.07, 6.45) is 1.40. The van der Waals surface area contributed by atoms with Gasteiger partial charge in [0.15, 0.2) is 18.1 Å². The average molecular weight is 378 g/mol. The van der Waals surface area contributed by atoms with Crippen molar-refractivity contribution >= 4 is 30.0 Å². The molecule has 0 saturated carbocycles. The molecule has 10 heteroatoms. The molecular weight excluding hydrogens is 360 g/mol. The molecule has 3 amide bonds. The summed E-state index contributed by atoms with van der Waals surface area (Å²) >= 11 is 0. The molecular formula is C17H18N2O8. The maximum absolute atomic E-state index is 12.3. The van der Waals surface area contributed by atoms with Crippen molar-refractivity contribution < 1.29 is 38.5 Å². The zero-order valence-corrected chi connectivity index (χ0v) is 14.7. The van der Waals surface area contributed by atoms with E-state index in [0.717, 1.165) is 12.0 Å². The predicted octanol–water partition coefficient (Wildman–Crippen LogP) is 0.614. The van der Waals surface area contributed by atoms with E-state index in [4.69, 9.17) is 14.6 Å². The number of imide groups is 1. The first-order valence-corrected chi connectivity index (χ1v) is 7.88. The molecule has 1 aromatic carbocycles. The van der Waals surface area contributed by atoms with E-state index in [0.29, 0.717) is 12.2 Å². The van der Waals surface area contributed by atoms with Crippen LogP contribution in [0.3, 0.4) is 0 Å². The van der Waals surface area contributed by atoms with Gasteiger partial charge in [-0.3, -0.25) is 9.59 Å². The fraction of sp³-hybridized carbons (Fsp3) is 0.294. The zero-order valence-electron chi connectivity index (χ0n) is 14.7. The van der Waals surface area contributed by atoms with Crippen molar-refractivity contribution in [3.05, 3.63) is 29.5 Å². The van der Waals surface area contributed by atoms with Gasteiger partial charge in [-0.1, -0.05) is 6.07 Å². The van der Waals surface area contributed by atoms with Crippen LogP contribution in [-0.4, -0.2) is 60.8 Å². The quantitative estimate of drug-likeness (QED) is 0.382. The van der Waals surface area contributed by atoms with Gasteiger partial charge in [0.1, 0.15) is 12.2 Å². The van der Waals surface area contributed by atoms with Gasteiger partial charge in [-0.15, -0.1) is 0 Å². The fourth-order valence-electron chi connectivity index (χ4n) is 2.22. The molecule has 0 radical (unpaired) electrons. The number of hydrogen-bond donors (Lipinski definition) is 2. The fourth-order valence-corrected chi connectivity index (χ4v) is 2.22. The maximum atomic E-state index is 12.3.